The molecule has 0 aromatic heterocycles. The summed E-state index contributed by atoms with van der Waals surface area (Å²) < 4.78 is 9.91. The van der Waals surface area contributed by atoms with E-state index in [1.807, 2.05) is 0 Å². The minimum Gasteiger partial charge on any atom is -0.508 e. The van der Waals surface area contributed by atoms with Gasteiger partial charge in [-0.25, -0.2) is 4.79 Å². The number of esters is 1. The van der Waals surface area contributed by atoms with Gasteiger partial charge >= 0.3 is 5.97 Å². The predicted octanol–water partition coefficient (Wildman–Crippen LogP) is 0.715. The zero-order valence-corrected chi connectivity index (χ0v) is 11.5. The lowest BCUT2D eigenvalue weighted by molar-refractivity contribution is -0.151. The third-order valence-corrected chi connectivity index (χ3v) is 3.32. The number of hydrogen-bond acceptors (Lipinski definition) is 5. The number of amides is 1. The van der Waals surface area contributed by atoms with Gasteiger partial charge in [-0.15, -0.1) is 0 Å². The van der Waals surface area contributed by atoms with Crippen LogP contribution in [0.15, 0.2) is 18.2 Å². The van der Waals surface area contributed by atoms with Gasteiger partial charge in [-0.3, -0.25) is 4.79 Å². The molecule has 1 aliphatic heterocycles. The van der Waals surface area contributed by atoms with Crippen molar-refractivity contribution in [2.45, 2.75) is 13.0 Å². The summed E-state index contributed by atoms with van der Waals surface area (Å²) in [6, 6.07) is 3.95. The number of nitrogens with zero attached hydrogens (tertiary/aromatic N) is 1. The molecular formula is C14H17NO5. The standard InChI is InChI=1S/C14H17NO5/c1-9-3-4-10(7-12(9)16)13(17)15-5-6-20-8-11(15)14(18)19-2/h3-4,7,11,16H,5-6,8H2,1-2H3. The van der Waals surface area contributed by atoms with Crippen molar-refractivity contribution in [2.75, 3.05) is 26.9 Å². The highest BCUT2D eigenvalue weighted by atomic mass is 16.5. The Labute approximate surface area is 116 Å². The second kappa shape index (κ2) is 5.92. The normalized spacial score (nSPS) is 18.7. The molecule has 2 rings (SSSR count). The Bertz CT molecular complexity index is 528. The zero-order valence-electron chi connectivity index (χ0n) is 11.5. The topological polar surface area (TPSA) is 76.1 Å². The van der Waals surface area contributed by atoms with Gasteiger partial charge in [0.25, 0.3) is 5.91 Å². The van der Waals surface area contributed by atoms with E-state index in [2.05, 4.69) is 4.74 Å². The lowest BCUT2D eigenvalue weighted by atomic mass is 10.1. The number of phenols is 1. The predicted molar refractivity (Wildman–Crippen MR) is 70.5 cm³/mol. The average Bonchev–Trinajstić information content (AvgIpc) is 2.48. The Morgan fingerprint density at radius 2 is 2.20 bits per heavy atom. The maximum absolute atomic E-state index is 12.4. The molecule has 108 valence electrons. The fourth-order valence-electron chi connectivity index (χ4n) is 2.09. The fourth-order valence-corrected chi connectivity index (χ4v) is 2.09. The third kappa shape index (κ3) is 2.75. The number of rotatable bonds is 2. The van der Waals surface area contributed by atoms with Crippen molar-refractivity contribution in [3.8, 4) is 5.75 Å². The fraction of sp³-hybridized carbons (Fsp3) is 0.429. The van der Waals surface area contributed by atoms with Crippen molar-refractivity contribution < 1.29 is 24.2 Å². The van der Waals surface area contributed by atoms with Crippen LogP contribution in [0, 0.1) is 6.92 Å². The molecule has 6 heteroatoms. The molecule has 1 aromatic carbocycles. The van der Waals surface area contributed by atoms with E-state index >= 15 is 0 Å². The molecule has 0 aliphatic carbocycles. The van der Waals surface area contributed by atoms with Crippen LogP contribution < -0.4 is 0 Å². The lowest BCUT2D eigenvalue weighted by Gasteiger charge is -2.33. The second-order valence-electron chi connectivity index (χ2n) is 4.61. The number of benzene rings is 1. The van der Waals surface area contributed by atoms with Gasteiger partial charge in [0.1, 0.15) is 5.75 Å². The first-order valence-corrected chi connectivity index (χ1v) is 6.30. The number of aromatic hydroxyl groups is 1. The summed E-state index contributed by atoms with van der Waals surface area (Å²) in [4.78, 5) is 25.6. The van der Waals surface area contributed by atoms with E-state index in [0.29, 0.717) is 24.3 Å². The first-order chi connectivity index (χ1) is 9.54. The van der Waals surface area contributed by atoms with E-state index in [1.165, 1.54) is 18.1 Å². The number of morpholine rings is 1. The molecule has 6 nitrogen and oxygen atoms in total. The SMILES string of the molecule is COC(=O)C1COCCN1C(=O)c1ccc(C)c(O)c1. The first-order valence-electron chi connectivity index (χ1n) is 6.30. The van der Waals surface area contributed by atoms with Crippen LogP contribution in [0.1, 0.15) is 15.9 Å². The van der Waals surface area contributed by atoms with Crippen LogP contribution in [0.5, 0.6) is 5.75 Å². The van der Waals surface area contributed by atoms with Gasteiger partial charge in [0.15, 0.2) is 6.04 Å². The summed E-state index contributed by atoms with van der Waals surface area (Å²) in [5.41, 5.74) is 1.02. The molecule has 1 amide bonds. The largest absolute Gasteiger partial charge is 0.508 e. The molecule has 1 N–H and O–H groups in total. The van der Waals surface area contributed by atoms with Gasteiger partial charge in [-0.05, 0) is 24.6 Å². The third-order valence-electron chi connectivity index (χ3n) is 3.32. The van der Waals surface area contributed by atoms with Gasteiger partial charge in [0, 0.05) is 12.1 Å². The zero-order chi connectivity index (χ0) is 14.7. The molecule has 1 aromatic rings. The average molecular weight is 279 g/mol. The summed E-state index contributed by atoms with van der Waals surface area (Å²) in [7, 11) is 1.28. The molecule has 1 saturated heterocycles. The number of carbonyl (C=O) groups is 2. The van der Waals surface area contributed by atoms with E-state index in [1.54, 1.807) is 19.1 Å². The molecule has 1 heterocycles. The quantitative estimate of drug-likeness (QED) is 0.807. The molecule has 20 heavy (non-hydrogen) atoms. The monoisotopic (exact) mass is 279 g/mol. The summed E-state index contributed by atoms with van der Waals surface area (Å²) in [5.74, 6) is -0.771. The summed E-state index contributed by atoms with van der Waals surface area (Å²) in [5, 5.41) is 9.68. The van der Waals surface area contributed by atoms with Gasteiger partial charge < -0.3 is 19.5 Å². The Morgan fingerprint density at radius 3 is 2.85 bits per heavy atom. The Kier molecular flexibility index (Phi) is 4.24. The number of ether oxygens (including phenoxy) is 2. The van der Waals surface area contributed by atoms with Gasteiger partial charge in [-0.1, -0.05) is 6.07 Å². The maximum Gasteiger partial charge on any atom is 0.331 e. The lowest BCUT2D eigenvalue weighted by Crippen LogP contribution is -2.53. The number of carbonyl (C=O) groups excluding carboxylic acids is 2. The molecule has 1 unspecified atom stereocenters. The highest BCUT2D eigenvalue weighted by Crippen LogP contribution is 2.20. The van der Waals surface area contributed by atoms with Crippen molar-refractivity contribution in [1.29, 1.82) is 0 Å². The molecule has 1 atom stereocenters. The minimum atomic E-state index is -0.746. The van der Waals surface area contributed by atoms with Crippen LogP contribution in [0.4, 0.5) is 0 Å². The minimum absolute atomic E-state index is 0.0544. The molecule has 1 aliphatic rings. The molecule has 0 saturated carbocycles. The van der Waals surface area contributed by atoms with Crippen molar-refractivity contribution in [3.63, 3.8) is 0 Å². The van der Waals surface area contributed by atoms with Crippen LogP contribution in [-0.4, -0.2) is 54.8 Å². The number of aryl methyl sites for hydroxylation is 1. The number of methoxy groups -OCH3 is 1. The summed E-state index contributed by atoms with van der Waals surface area (Å²) in [6.07, 6.45) is 0. The van der Waals surface area contributed by atoms with Crippen molar-refractivity contribution in [1.82, 2.24) is 4.90 Å². The molecule has 0 bridgehead atoms. The highest BCUT2D eigenvalue weighted by Gasteiger charge is 2.34. The van der Waals surface area contributed by atoms with E-state index in [-0.39, 0.29) is 18.3 Å². The van der Waals surface area contributed by atoms with Crippen LogP contribution in [0.25, 0.3) is 0 Å². The maximum atomic E-state index is 12.4. The van der Waals surface area contributed by atoms with Gasteiger partial charge in [0.05, 0.1) is 20.3 Å². The van der Waals surface area contributed by atoms with E-state index in [4.69, 9.17) is 4.74 Å². The molecule has 1 fully saturated rings. The van der Waals surface area contributed by atoms with E-state index < -0.39 is 12.0 Å². The second-order valence-corrected chi connectivity index (χ2v) is 4.61. The van der Waals surface area contributed by atoms with Crippen LogP contribution >= 0.6 is 0 Å². The summed E-state index contributed by atoms with van der Waals surface area (Å²) in [6.45, 7) is 2.55. The number of phenolic OH excluding ortho intramolecular Hbond substituents is 1. The van der Waals surface area contributed by atoms with E-state index in [0.717, 1.165) is 0 Å². The van der Waals surface area contributed by atoms with Crippen LogP contribution in [-0.2, 0) is 14.3 Å². The van der Waals surface area contributed by atoms with Crippen molar-refractivity contribution >= 4 is 11.9 Å². The van der Waals surface area contributed by atoms with Crippen LogP contribution in [0.3, 0.4) is 0 Å². The highest BCUT2D eigenvalue weighted by molar-refractivity contribution is 5.97. The van der Waals surface area contributed by atoms with Gasteiger partial charge in [0.2, 0.25) is 0 Å². The smallest absolute Gasteiger partial charge is 0.331 e. The molecular weight excluding hydrogens is 262 g/mol. The van der Waals surface area contributed by atoms with Crippen molar-refractivity contribution in [2.24, 2.45) is 0 Å². The Hall–Kier alpha value is -2.08. The molecule has 0 spiro atoms. The van der Waals surface area contributed by atoms with Crippen molar-refractivity contribution in [3.05, 3.63) is 29.3 Å². The van der Waals surface area contributed by atoms with Crippen LogP contribution in [0.2, 0.25) is 0 Å². The van der Waals surface area contributed by atoms with E-state index in [9.17, 15) is 14.7 Å². The Balaban J connectivity index is 2.25. The van der Waals surface area contributed by atoms with Gasteiger partial charge in [-0.2, -0.15) is 0 Å². The first kappa shape index (κ1) is 14.3. The number of hydrogen-bond donors (Lipinski definition) is 1. The Morgan fingerprint density at radius 1 is 1.45 bits per heavy atom. The summed E-state index contributed by atoms with van der Waals surface area (Å²) >= 11 is 0. The molecule has 0 radical (unpaired) electrons.